The van der Waals surface area contributed by atoms with E-state index in [0.717, 1.165) is 0 Å². The van der Waals surface area contributed by atoms with E-state index >= 15 is 0 Å². The largest absolute Gasteiger partial charge is 0.573 e. The van der Waals surface area contributed by atoms with Crippen molar-refractivity contribution in [3.8, 4) is 23.1 Å². The first-order valence-electron chi connectivity index (χ1n) is 5.76. The predicted octanol–water partition coefficient (Wildman–Crippen LogP) is 4.37. The molecule has 2 aromatic rings. The number of hydrogen-bond acceptors (Lipinski definition) is 3. The fraction of sp³-hybridized carbons (Fsp3) is 0.143. The van der Waals surface area contributed by atoms with Crippen LogP contribution in [0, 0.1) is 11.3 Å². The normalized spacial score (nSPS) is 11.0. The van der Waals surface area contributed by atoms with Crippen LogP contribution in [0.4, 0.5) is 13.2 Å². The van der Waals surface area contributed by atoms with Gasteiger partial charge in [0.2, 0.25) is 0 Å². The molecule has 0 spiro atoms. The molecule has 0 aliphatic rings. The molecule has 0 radical (unpaired) electrons. The Kier molecular flexibility index (Phi) is 4.34. The molecule has 0 saturated carbocycles. The standard InChI is InChI=1S/C14H8ClF3N2O/c15-12-8-20-13(7-9(12)4-5-19)10-2-1-3-11(6-10)21-14(16,17)18/h1-3,6-8H,4H2. The van der Waals surface area contributed by atoms with Gasteiger partial charge >= 0.3 is 6.36 Å². The fourth-order valence-electron chi connectivity index (χ4n) is 1.71. The lowest BCUT2D eigenvalue weighted by atomic mass is 10.1. The lowest BCUT2D eigenvalue weighted by Gasteiger charge is -2.10. The molecule has 0 fully saturated rings. The van der Waals surface area contributed by atoms with Crippen LogP contribution in [0.3, 0.4) is 0 Å². The molecule has 1 heterocycles. The van der Waals surface area contributed by atoms with Crippen molar-refractivity contribution in [2.24, 2.45) is 0 Å². The molecule has 0 bridgehead atoms. The number of aromatic nitrogens is 1. The smallest absolute Gasteiger partial charge is 0.406 e. The first kappa shape index (κ1) is 15.1. The van der Waals surface area contributed by atoms with Crippen molar-refractivity contribution < 1.29 is 17.9 Å². The third kappa shape index (κ3) is 4.10. The molecule has 108 valence electrons. The highest BCUT2D eigenvalue weighted by molar-refractivity contribution is 6.31. The summed E-state index contributed by atoms with van der Waals surface area (Å²) in [7, 11) is 0. The monoisotopic (exact) mass is 312 g/mol. The summed E-state index contributed by atoms with van der Waals surface area (Å²) in [6.45, 7) is 0. The number of halogens is 4. The van der Waals surface area contributed by atoms with Crippen LogP contribution in [0.25, 0.3) is 11.3 Å². The molecule has 21 heavy (non-hydrogen) atoms. The van der Waals surface area contributed by atoms with E-state index < -0.39 is 6.36 Å². The van der Waals surface area contributed by atoms with Gasteiger partial charge in [0.1, 0.15) is 5.75 Å². The number of hydrogen-bond donors (Lipinski definition) is 0. The maximum atomic E-state index is 12.2. The van der Waals surface area contributed by atoms with Gasteiger partial charge in [0.05, 0.1) is 23.2 Å². The number of alkyl halides is 3. The molecule has 7 heteroatoms. The van der Waals surface area contributed by atoms with Crippen molar-refractivity contribution >= 4 is 11.6 Å². The molecule has 1 aromatic carbocycles. The maximum absolute atomic E-state index is 12.2. The van der Waals surface area contributed by atoms with Gasteiger partial charge in [0.15, 0.2) is 0 Å². The van der Waals surface area contributed by atoms with E-state index in [9.17, 15) is 13.2 Å². The second kappa shape index (κ2) is 6.02. The summed E-state index contributed by atoms with van der Waals surface area (Å²) < 4.78 is 40.5. The highest BCUT2D eigenvalue weighted by atomic mass is 35.5. The fourth-order valence-corrected chi connectivity index (χ4v) is 1.88. The first-order valence-corrected chi connectivity index (χ1v) is 6.14. The Morgan fingerprint density at radius 1 is 1.29 bits per heavy atom. The summed E-state index contributed by atoms with van der Waals surface area (Å²) in [6.07, 6.45) is -3.30. The van der Waals surface area contributed by atoms with Gasteiger partial charge in [-0.05, 0) is 23.8 Å². The second-order valence-electron chi connectivity index (χ2n) is 4.07. The van der Waals surface area contributed by atoms with Crippen molar-refractivity contribution in [3.63, 3.8) is 0 Å². The minimum Gasteiger partial charge on any atom is -0.406 e. The summed E-state index contributed by atoms with van der Waals surface area (Å²) in [4.78, 5) is 4.05. The number of nitrogens with zero attached hydrogens (tertiary/aromatic N) is 2. The lowest BCUT2D eigenvalue weighted by molar-refractivity contribution is -0.274. The average molecular weight is 313 g/mol. The van der Waals surface area contributed by atoms with E-state index in [1.165, 1.54) is 24.4 Å². The Hall–Kier alpha value is -2.26. The van der Waals surface area contributed by atoms with E-state index in [2.05, 4.69) is 9.72 Å². The van der Waals surface area contributed by atoms with Gasteiger partial charge in [-0.15, -0.1) is 13.2 Å². The van der Waals surface area contributed by atoms with E-state index in [1.807, 2.05) is 6.07 Å². The predicted molar refractivity (Wildman–Crippen MR) is 70.7 cm³/mol. The molecule has 0 aliphatic carbocycles. The number of benzene rings is 1. The minimum absolute atomic E-state index is 0.0904. The molecule has 0 N–H and O–H groups in total. The molecule has 0 atom stereocenters. The van der Waals surface area contributed by atoms with Crippen molar-refractivity contribution in [2.75, 3.05) is 0 Å². The number of pyridine rings is 1. The highest BCUT2D eigenvalue weighted by Gasteiger charge is 2.31. The topological polar surface area (TPSA) is 45.9 Å². The number of ether oxygens (including phenoxy) is 1. The van der Waals surface area contributed by atoms with E-state index in [0.29, 0.717) is 21.8 Å². The third-order valence-electron chi connectivity index (χ3n) is 2.57. The molecule has 0 saturated heterocycles. The van der Waals surface area contributed by atoms with E-state index in [4.69, 9.17) is 16.9 Å². The zero-order valence-electron chi connectivity index (χ0n) is 10.5. The summed E-state index contributed by atoms with van der Waals surface area (Å²) in [5.41, 5.74) is 1.41. The molecular weight excluding hydrogens is 305 g/mol. The van der Waals surface area contributed by atoms with Crippen molar-refractivity contribution in [3.05, 3.63) is 47.1 Å². The van der Waals surface area contributed by atoms with Gasteiger partial charge in [-0.25, -0.2) is 0 Å². The molecule has 2 rings (SSSR count). The first-order chi connectivity index (χ1) is 9.89. The molecule has 0 unspecified atom stereocenters. The van der Waals surface area contributed by atoms with E-state index in [-0.39, 0.29) is 12.2 Å². The number of nitriles is 1. The summed E-state index contributed by atoms with van der Waals surface area (Å²) in [5.74, 6) is -0.335. The quantitative estimate of drug-likeness (QED) is 0.845. The molecular formula is C14H8ClF3N2O. The summed E-state index contributed by atoms with van der Waals surface area (Å²) in [6, 6.07) is 8.97. The van der Waals surface area contributed by atoms with Crippen LogP contribution in [0.1, 0.15) is 5.56 Å². The molecule has 3 nitrogen and oxygen atoms in total. The summed E-state index contributed by atoms with van der Waals surface area (Å²) in [5, 5.41) is 9.04. The van der Waals surface area contributed by atoms with Gasteiger partial charge in [-0.3, -0.25) is 4.98 Å². The Morgan fingerprint density at radius 3 is 2.71 bits per heavy atom. The van der Waals surface area contributed by atoms with Gasteiger partial charge in [0, 0.05) is 11.8 Å². The van der Waals surface area contributed by atoms with Crippen LogP contribution in [0.15, 0.2) is 36.5 Å². The molecule has 1 aromatic heterocycles. The van der Waals surface area contributed by atoms with Crippen molar-refractivity contribution in [1.82, 2.24) is 4.98 Å². The van der Waals surface area contributed by atoms with Crippen LogP contribution in [-0.2, 0) is 6.42 Å². The zero-order chi connectivity index (χ0) is 15.5. The van der Waals surface area contributed by atoms with Crippen LogP contribution in [0.2, 0.25) is 5.02 Å². The SMILES string of the molecule is N#CCc1cc(-c2cccc(OC(F)(F)F)c2)ncc1Cl. The van der Waals surface area contributed by atoms with Gasteiger partial charge in [-0.1, -0.05) is 23.7 Å². The Bertz CT molecular complexity index is 695. The van der Waals surface area contributed by atoms with Gasteiger partial charge < -0.3 is 4.74 Å². The Labute approximate surface area is 123 Å². The number of rotatable bonds is 3. The van der Waals surface area contributed by atoms with Crippen LogP contribution < -0.4 is 4.74 Å². The zero-order valence-corrected chi connectivity index (χ0v) is 11.2. The summed E-state index contributed by atoms with van der Waals surface area (Å²) >= 11 is 5.89. The minimum atomic E-state index is -4.75. The van der Waals surface area contributed by atoms with Crippen LogP contribution in [0.5, 0.6) is 5.75 Å². The maximum Gasteiger partial charge on any atom is 0.573 e. The highest BCUT2D eigenvalue weighted by Crippen LogP contribution is 2.28. The molecule has 0 amide bonds. The molecule has 0 aliphatic heterocycles. The second-order valence-corrected chi connectivity index (χ2v) is 4.48. The Balaban J connectivity index is 2.36. The average Bonchev–Trinajstić information content (AvgIpc) is 2.40. The van der Waals surface area contributed by atoms with E-state index in [1.54, 1.807) is 12.1 Å². The van der Waals surface area contributed by atoms with Crippen molar-refractivity contribution in [1.29, 1.82) is 5.26 Å². The Morgan fingerprint density at radius 2 is 2.05 bits per heavy atom. The van der Waals surface area contributed by atoms with Crippen LogP contribution >= 0.6 is 11.6 Å². The van der Waals surface area contributed by atoms with Crippen LogP contribution in [-0.4, -0.2) is 11.3 Å². The van der Waals surface area contributed by atoms with Gasteiger partial charge in [-0.2, -0.15) is 5.26 Å². The third-order valence-corrected chi connectivity index (χ3v) is 2.91. The lowest BCUT2D eigenvalue weighted by Crippen LogP contribution is -2.17. The van der Waals surface area contributed by atoms with Crippen molar-refractivity contribution in [2.45, 2.75) is 12.8 Å². The van der Waals surface area contributed by atoms with Gasteiger partial charge in [0.25, 0.3) is 0 Å².